The fourth-order valence-electron chi connectivity index (χ4n) is 9.43. The van der Waals surface area contributed by atoms with Gasteiger partial charge in [0.05, 0.1) is 17.3 Å². The van der Waals surface area contributed by atoms with Gasteiger partial charge in [0.15, 0.2) is 0 Å². The van der Waals surface area contributed by atoms with E-state index in [-0.39, 0.29) is 35.0 Å². The third-order valence-corrected chi connectivity index (χ3v) is 11.4. The molecule has 0 amide bonds. The van der Waals surface area contributed by atoms with Crippen LogP contribution in [0.3, 0.4) is 0 Å². The average Bonchev–Trinajstić information content (AvgIpc) is 3.42. The van der Waals surface area contributed by atoms with E-state index in [4.69, 9.17) is 9.73 Å². The Hall–Kier alpha value is -2.09. The lowest BCUT2D eigenvalue weighted by atomic mass is 9.41. The summed E-state index contributed by atoms with van der Waals surface area (Å²) < 4.78 is 18.5. The Labute approximate surface area is 224 Å². The van der Waals surface area contributed by atoms with Crippen LogP contribution in [0.5, 0.6) is 0 Å². The number of benzene rings is 1. The highest BCUT2D eigenvalue weighted by Gasteiger charge is 2.71. The molecule has 1 aromatic rings. The van der Waals surface area contributed by atoms with Crippen LogP contribution in [0.25, 0.3) is 0 Å². The summed E-state index contributed by atoms with van der Waals surface area (Å²) in [7, 11) is 0. The van der Waals surface area contributed by atoms with Crippen LogP contribution in [0.2, 0.25) is 0 Å². The molecule has 0 saturated heterocycles. The minimum Gasteiger partial charge on any atom is -0.458 e. The predicted octanol–water partition coefficient (Wildman–Crippen LogP) is 4.15. The van der Waals surface area contributed by atoms with Crippen LogP contribution in [0.1, 0.15) is 70.3 Å². The van der Waals surface area contributed by atoms with Crippen molar-refractivity contribution in [1.82, 2.24) is 0 Å². The van der Waals surface area contributed by atoms with Crippen LogP contribution >= 0.6 is 0 Å². The van der Waals surface area contributed by atoms with Crippen molar-refractivity contribution in [2.45, 2.75) is 88.4 Å². The maximum absolute atomic E-state index is 13.3. The first kappa shape index (κ1) is 26.1. The van der Waals surface area contributed by atoms with E-state index >= 15 is 0 Å². The number of cyclic esters (lactones) is 1. The van der Waals surface area contributed by atoms with Gasteiger partial charge in [0.25, 0.3) is 0 Å². The molecule has 4 fully saturated rings. The zero-order chi connectivity index (χ0) is 26.8. The van der Waals surface area contributed by atoms with Crippen molar-refractivity contribution in [3.05, 3.63) is 47.3 Å². The van der Waals surface area contributed by atoms with Crippen molar-refractivity contribution in [3.63, 3.8) is 0 Å². The molecule has 1 heterocycles. The van der Waals surface area contributed by atoms with Gasteiger partial charge in [-0.05, 0) is 98.8 Å². The summed E-state index contributed by atoms with van der Waals surface area (Å²) in [6.45, 7) is 3.06. The van der Waals surface area contributed by atoms with E-state index in [1.54, 1.807) is 18.2 Å². The summed E-state index contributed by atoms with van der Waals surface area (Å²) in [5, 5.41) is 35.1. The molecule has 0 aromatic heterocycles. The van der Waals surface area contributed by atoms with Crippen molar-refractivity contribution in [2.75, 3.05) is 13.2 Å². The van der Waals surface area contributed by atoms with Crippen molar-refractivity contribution >= 4 is 12.2 Å². The van der Waals surface area contributed by atoms with E-state index in [9.17, 15) is 24.5 Å². The minimum atomic E-state index is -1.05. The molecule has 0 spiro atoms. The van der Waals surface area contributed by atoms with E-state index in [2.05, 4.69) is 6.92 Å². The number of rotatable bonds is 5. The number of esters is 1. The molecule has 0 unspecified atom stereocenters. The van der Waals surface area contributed by atoms with E-state index in [1.807, 2.05) is 6.21 Å². The van der Waals surface area contributed by atoms with Crippen molar-refractivity contribution in [3.8, 4) is 0 Å². The molecule has 4 saturated carbocycles. The fraction of sp³-hybridized carbons (Fsp3) is 0.677. The standard InChI is InChI=1S/C31H40FNO5/c1-28-11-7-25-26(31(28,37)14-9-24(28)21-16-27(35)38-18-21)8-13-30(36)17-23(34)6-12-29(25,30)19-33-15-10-20-2-4-22(32)5-3-20/h2-5,16,19,23-26,34,36-37H,6-15,17-18H2,1H3/t23-,24+,25+,26+,28-,29+,30+,31+/m1/s1. The molecule has 7 heteroatoms. The van der Waals surface area contributed by atoms with Gasteiger partial charge >= 0.3 is 5.97 Å². The molecule has 6 nitrogen and oxygen atoms in total. The van der Waals surface area contributed by atoms with Gasteiger partial charge in [-0.15, -0.1) is 0 Å². The third kappa shape index (κ3) is 3.83. The Morgan fingerprint density at radius 2 is 1.82 bits per heavy atom. The number of carbonyl (C=O) groups is 1. The summed E-state index contributed by atoms with van der Waals surface area (Å²) in [4.78, 5) is 16.7. The van der Waals surface area contributed by atoms with Gasteiger partial charge in [0.1, 0.15) is 12.4 Å². The molecule has 1 aliphatic heterocycles. The van der Waals surface area contributed by atoms with Gasteiger partial charge in [-0.3, -0.25) is 4.99 Å². The highest BCUT2D eigenvalue weighted by Crippen LogP contribution is 2.70. The number of fused-ring (bicyclic) bond motifs is 5. The first-order chi connectivity index (χ1) is 18.1. The second-order valence-corrected chi connectivity index (χ2v) is 12.9. The number of nitrogens with zero attached hydrogens (tertiary/aromatic N) is 1. The Balaban J connectivity index is 1.30. The van der Waals surface area contributed by atoms with E-state index in [0.717, 1.165) is 30.4 Å². The maximum Gasteiger partial charge on any atom is 0.331 e. The summed E-state index contributed by atoms with van der Waals surface area (Å²) in [5.74, 6) is -0.337. The molecule has 206 valence electrons. The molecule has 5 aliphatic rings. The number of hydrogen-bond donors (Lipinski definition) is 3. The van der Waals surface area contributed by atoms with Crippen LogP contribution in [0.4, 0.5) is 4.39 Å². The second-order valence-electron chi connectivity index (χ2n) is 12.9. The first-order valence-electron chi connectivity index (χ1n) is 14.4. The highest BCUT2D eigenvalue weighted by atomic mass is 19.1. The van der Waals surface area contributed by atoms with Crippen LogP contribution in [0, 0.1) is 34.4 Å². The summed E-state index contributed by atoms with van der Waals surface area (Å²) in [6, 6.07) is 6.48. The maximum atomic E-state index is 13.3. The monoisotopic (exact) mass is 525 g/mol. The number of ether oxygens (including phenoxy) is 1. The molecule has 6 rings (SSSR count). The number of aliphatic imine (C=N–C) groups is 1. The molecule has 8 atom stereocenters. The highest BCUT2D eigenvalue weighted by molar-refractivity contribution is 5.85. The topological polar surface area (TPSA) is 99.4 Å². The lowest BCUT2D eigenvalue weighted by Crippen LogP contribution is -2.68. The fourth-order valence-corrected chi connectivity index (χ4v) is 9.43. The third-order valence-electron chi connectivity index (χ3n) is 11.4. The van der Waals surface area contributed by atoms with Gasteiger partial charge in [0, 0.05) is 36.1 Å². The lowest BCUT2D eigenvalue weighted by Gasteiger charge is -2.65. The molecule has 0 radical (unpaired) electrons. The number of hydrogen-bond acceptors (Lipinski definition) is 6. The average molecular weight is 526 g/mol. The largest absolute Gasteiger partial charge is 0.458 e. The lowest BCUT2D eigenvalue weighted by molar-refractivity contribution is -0.237. The summed E-state index contributed by atoms with van der Waals surface area (Å²) >= 11 is 0. The number of aliphatic hydroxyl groups excluding tert-OH is 1. The van der Waals surface area contributed by atoms with Crippen LogP contribution in [-0.2, 0) is 16.0 Å². The Kier molecular flexibility index (Phi) is 6.36. The predicted molar refractivity (Wildman–Crippen MR) is 141 cm³/mol. The van der Waals surface area contributed by atoms with E-state index < -0.39 is 22.7 Å². The SMILES string of the molecule is C[C@]12CC[C@H]3[C@H](CC[C@]4(O)C[C@H](O)CC[C@]34C=NCCc3ccc(F)cc3)[C@@]1(O)CC[C@H]2C1=CC(=O)OC1. The van der Waals surface area contributed by atoms with Crippen molar-refractivity contribution in [2.24, 2.45) is 33.6 Å². The van der Waals surface area contributed by atoms with Crippen molar-refractivity contribution in [1.29, 1.82) is 0 Å². The molecule has 4 aliphatic carbocycles. The summed E-state index contributed by atoms with van der Waals surface area (Å²) in [6.07, 6.45) is 9.80. The minimum absolute atomic E-state index is 0.0175. The van der Waals surface area contributed by atoms with Gasteiger partial charge < -0.3 is 20.1 Å². The molecular weight excluding hydrogens is 485 g/mol. The Morgan fingerprint density at radius 3 is 2.55 bits per heavy atom. The zero-order valence-electron chi connectivity index (χ0n) is 22.2. The normalized spacial score (nSPS) is 44.3. The van der Waals surface area contributed by atoms with Crippen LogP contribution in [-0.4, -0.2) is 58.0 Å². The van der Waals surface area contributed by atoms with Gasteiger partial charge in [0.2, 0.25) is 0 Å². The van der Waals surface area contributed by atoms with Crippen LogP contribution < -0.4 is 0 Å². The van der Waals surface area contributed by atoms with Crippen LogP contribution in [0.15, 0.2) is 40.9 Å². The van der Waals surface area contributed by atoms with E-state index in [0.29, 0.717) is 58.1 Å². The van der Waals surface area contributed by atoms with Gasteiger partial charge in [-0.2, -0.15) is 0 Å². The second kappa shape index (κ2) is 9.24. The van der Waals surface area contributed by atoms with E-state index in [1.165, 1.54) is 12.1 Å². The quantitative estimate of drug-likeness (QED) is 0.396. The number of aliphatic hydroxyl groups is 3. The first-order valence-corrected chi connectivity index (χ1v) is 14.4. The number of halogens is 1. The van der Waals surface area contributed by atoms with Crippen molar-refractivity contribution < 1.29 is 29.2 Å². The Bertz CT molecular complexity index is 1150. The molecule has 38 heavy (non-hydrogen) atoms. The van der Waals surface area contributed by atoms with Gasteiger partial charge in [-0.1, -0.05) is 19.1 Å². The summed E-state index contributed by atoms with van der Waals surface area (Å²) in [5.41, 5.74) is -0.865. The Morgan fingerprint density at radius 1 is 1.05 bits per heavy atom. The zero-order valence-corrected chi connectivity index (χ0v) is 22.2. The smallest absolute Gasteiger partial charge is 0.331 e. The molecule has 0 bridgehead atoms. The van der Waals surface area contributed by atoms with Gasteiger partial charge in [-0.25, -0.2) is 9.18 Å². The number of carbonyl (C=O) groups excluding carboxylic acids is 1. The molecule has 3 N–H and O–H groups in total. The molecule has 1 aromatic carbocycles. The molecular formula is C31H40FNO5.